The molecule has 1 fully saturated rings. The summed E-state index contributed by atoms with van der Waals surface area (Å²) in [6, 6.07) is 7.88. The molecular formula is C18H28N2O. The van der Waals surface area contributed by atoms with Crippen LogP contribution in [0.4, 0.5) is 0 Å². The third kappa shape index (κ3) is 3.24. The molecule has 0 spiro atoms. The van der Waals surface area contributed by atoms with Gasteiger partial charge in [-0.05, 0) is 57.7 Å². The number of hydrogen-bond acceptors (Lipinski definition) is 3. The van der Waals surface area contributed by atoms with Crippen molar-refractivity contribution in [2.45, 2.75) is 77.6 Å². The van der Waals surface area contributed by atoms with Crippen molar-refractivity contribution in [3.05, 3.63) is 29.3 Å². The third-order valence-electron chi connectivity index (χ3n) is 4.79. The normalized spacial score (nSPS) is 28.2. The van der Waals surface area contributed by atoms with Crippen molar-refractivity contribution in [2.75, 3.05) is 0 Å². The fourth-order valence-corrected chi connectivity index (χ4v) is 3.69. The summed E-state index contributed by atoms with van der Waals surface area (Å²) in [6.07, 6.45) is 4.95. The first-order chi connectivity index (χ1) is 9.94. The van der Waals surface area contributed by atoms with Gasteiger partial charge in [-0.25, -0.2) is 5.01 Å². The van der Waals surface area contributed by atoms with Crippen LogP contribution < -0.4 is 10.2 Å². The van der Waals surface area contributed by atoms with Crippen molar-refractivity contribution in [1.82, 2.24) is 10.4 Å². The minimum atomic E-state index is -0.0513. The highest BCUT2D eigenvalue weighted by Gasteiger charge is 2.30. The van der Waals surface area contributed by atoms with Crippen LogP contribution in [-0.2, 0) is 13.0 Å². The monoisotopic (exact) mass is 288 g/mol. The van der Waals surface area contributed by atoms with Crippen molar-refractivity contribution in [3.8, 4) is 5.75 Å². The van der Waals surface area contributed by atoms with E-state index in [0.29, 0.717) is 12.1 Å². The summed E-state index contributed by atoms with van der Waals surface area (Å²) in [6.45, 7) is 9.86. The van der Waals surface area contributed by atoms with Gasteiger partial charge in [-0.3, -0.25) is 5.43 Å². The molecule has 2 unspecified atom stereocenters. The molecule has 0 amide bonds. The predicted molar refractivity (Wildman–Crippen MR) is 86.3 cm³/mol. The average Bonchev–Trinajstić information content (AvgIpc) is 2.71. The van der Waals surface area contributed by atoms with E-state index in [1.807, 2.05) is 0 Å². The highest BCUT2D eigenvalue weighted by Crippen LogP contribution is 2.35. The Morgan fingerprint density at radius 2 is 1.95 bits per heavy atom. The van der Waals surface area contributed by atoms with E-state index in [9.17, 15) is 0 Å². The SMILES string of the molecule is CC1CCCC(C)N1NCc1ccc2c(c1)CC(C)(C)O2. The van der Waals surface area contributed by atoms with Crippen molar-refractivity contribution in [1.29, 1.82) is 0 Å². The molecule has 2 aliphatic rings. The molecule has 1 N–H and O–H groups in total. The van der Waals surface area contributed by atoms with E-state index < -0.39 is 0 Å². The Bertz CT molecular complexity index is 502. The van der Waals surface area contributed by atoms with Crippen LogP contribution in [0.2, 0.25) is 0 Å². The van der Waals surface area contributed by atoms with E-state index in [1.165, 1.54) is 30.4 Å². The van der Waals surface area contributed by atoms with Gasteiger partial charge in [0.15, 0.2) is 0 Å². The maximum atomic E-state index is 5.95. The third-order valence-corrected chi connectivity index (χ3v) is 4.79. The number of benzene rings is 1. The zero-order valence-electron chi connectivity index (χ0n) is 13.8. The second-order valence-electron chi connectivity index (χ2n) is 7.35. The van der Waals surface area contributed by atoms with Gasteiger partial charge in [0.05, 0.1) is 0 Å². The molecule has 2 heterocycles. The van der Waals surface area contributed by atoms with Crippen molar-refractivity contribution < 1.29 is 4.74 Å². The minimum Gasteiger partial charge on any atom is -0.487 e. The lowest BCUT2D eigenvalue weighted by molar-refractivity contribution is 0.0435. The van der Waals surface area contributed by atoms with Crippen LogP contribution in [0.25, 0.3) is 0 Å². The highest BCUT2D eigenvalue weighted by molar-refractivity contribution is 5.41. The molecule has 3 heteroatoms. The molecule has 0 aliphatic carbocycles. The number of fused-ring (bicyclic) bond motifs is 1. The molecule has 1 saturated heterocycles. The Balaban J connectivity index is 1.64. The minimum absolute atomic E-state index is 0.0513. The zero-order chi connectivity index (χ0) is 15.0. The van der Waals surface area contributed by atoms with Gasteiger partial charge in [0.25, 0.3) is 0 Å². The maximum Gasteiger partial charge on any atom is 0.123 e. The number of piperidine rings is 1. The molecule has 3 rings (SSSR count). The molecule has 3 nitrogen and oxygen atoms in total. The van der Waals surface area contributed by atoms with E-state index in [2.05, 4.69) is 56.3 Å². The lowest BCUT2D eigenvalue weighted by Crippen LogP contribution is -2.51. The van der Waals surface area contributed by atoms with Crippen molar-refractivity contribution in [2.24, 2.45) is 0 Å². The number of ether oxygens (including phenoxy) is 1. The fraction of sp³-hybridized carbons (Fsp3) is 0.667. The summed E-state index contributed by atoms with van der Waals surface area (Å²) >= 11 is 0. The molecule has 2 atom stereocenters. The first-order valence-electron chi connectivity index (χ1n) is 8.27. The van der Waals surface area contributed by atoms with Crippen molar-refractivity contribution >= 4 is 0 Å². The van der Waals surface area contributed by atoms with E-state index in [0.717, 1.165) is 18.7 Å². The van der Waals surface area contributed by atoms with Gasteiger partial charge in [0.1, 0.15) is 11.4 Å². The second kappa shape index (κ2) is 5.62. The number of rotatable bonds is 3. The Hall–Kier alpha value is -1.06. The Morgan fingerprint density at radius 3 is 2.67 bits per heavy atom. The van der Waals surface area contributed by atoms with E-state index in [-0.39, 0.29) is 5.60 Å². The molecule has 0 radical (unpaired) electrons. The maximum absolute atomic E-state index is 5.95. The lowest BCUT2D eigenvalue weighted by atomic mass is 9.99. The van der Waals surface area contributed by atoms with Crippen LogP contribution in [-0.4, -0.2) is 22.7 Å². The Labute approximate surface area is 128 Å². The van der Waals surface area contributed by atoms with Crippen LogP contribution in [0, 0.1) is 0 Å². The number of nitrogens with zero attached hydrogens (tertiary/aromatic N) is 1. The van der Waals surface area contributed by atoms with Crippen LogP contribution in [0.3, 0.4) is 0 Å². The highest BCUT2D eigenvalue weighted by atomic mass is 16.5. The number of nitrogens with one attached hydrogen (secondary N) is 1. The van der Waals surface area contributed by atoms with Crippen LogP contribution in [0.1, 0.15) is 58.1 Å². The van der Waals surface area contributed by atoms with Gasteiger partial charge in [0, 0.05) is 25.0 Å². The van der Waals surface area contributed by atoms with Gasteiger partial charge in [0.2, 0.25) is 0 Å². The smallest absolute Gasteiger partial charge is 0.123 e. The first kappa shape index (κ1) is 14.9. The van der Waals surface area contributed by atoms with Gasteiger partial charge in [-0.2, -0.15) is 0 Å². The van der Waals surface area contributed by atoms with E-state index >= 15 is 0 Å². The van der Waals surface area contributed by atoms with E-state index in [4.69, 9.17) is 4.74 Å². The fourth-order valence-electron chi connectivity index (χ4n) is 3.69. The molecule has 21 heavy (non-hydrogen) atoms. The van der Waals surface area contributed by atoms with Crippen LogP contribution in [0.15, 0.2) is 18.2 Å². The second-order valence-corrected chi connectivity index (χ2v) is 7.35. The lowest BCUT2D eigenvalue weighted by Gasteiger charge is -2.39. The molecule has 0 aromatic heterocycles. The summed E-state index contributed by atoms with van der Waals surface area (Å²) in [5.41, 5.74) is 6.28. The van der Waals surface area contributed by atoms with Gasteiger partial charge >= 0.3 is 0 Å². The number of hydrazine groups is 1. The molecule has 1 aromatic rings. The molecule has 1 aromatic carbocycles. The summed E-state index contributed by atoms with van der Waals surface area (Å²) in [5.74, 6) is 1.06. The zero-order valence-corrected chi connectivity index (χ0v) is 13.8. The topological polar surface area (TPSA) is 24.5 Å². The van der Waals surface area contributed by atoms with Gasteiger partial charge < -0.3 is 4.74 Å². The molecule has 116 valence electrons. The predicted octanol–water partition coefficient (Wildman–Crippen LogP) is 3.67. The summed E-state index contributed by atoms with van der Waals surface area (Å²) < 4.78 is 5.95. The summed E-state index contributed by atoms with van der Waals surface area (Å²) in [4.78, 5) is 0. The molecule has 2 aliphatic heterocycles. The Morgan fingerprint density at radius 1 is 1.24 bits per heavy atom. The van der Waals surface area contributed by atoms with Crippen LogP contribution in [0.5, 0.6) is 5.75 Å². The van der Waals surface area contributed by atoms with Gasteiger partial charge in [-0.15, -0.1) is 0 Å². The average molecular weight is 288 g/mol. The quantitative estimate of drug-likeness (QED) is 0.918. The molecule has 0 saturated carbocycles. The largest absolute Gasteiger partial charge is 0.487 e. The van der Waals surface area contributed by atoms with Crippen molar-refractivity contribution in [3.63, 3.8) is 0 Å². The Kier molecular flexibility index (Phi) is 3.98. The summed E-state index contributed by atoms with van der Waals surface area (Å²) in [5, 5.41) is 2.44. The van der Waals surface area contributed by atoms with Gasteiger partial charge in [-0.1, -0.05) is 18.6 Å². The standard InChI is InChI=1S/C18H28N2O/c1-13-6-5-7-14(2)20(13)19-12-15-8-9-17-16(10-15)11-18(3,4)21-17/h8-10,13-14,19H,5-7,11-12H2,1-4H3. The first-order valence-corrected chi connectivity index (χ1v) is 8.27. The van der Waals surface area contributed by atoms with E-state index in [1.54, 1.807) is 0 Å². The van der Waals surface area contributed by atoms with Crippen LogP contribution >= 0.6 is 0 Å². The molecule has 0 bridgehead atoms. The molecular weight excluding hydrogens is 260 g/mol. The summed E-state index contributed by atoms with van der Waals surface area (Å²) in [7, 11) is 0. The number of hydrogen-bond donors (Lipinski definition) is 1.